The van der Waals surface area contributed by atoms with Gasteiger partial charge in [-0.2, -0.15) is 9.82 Å². The lowest BCUT2D eigenvalue weighted by atomic mass is 9.96. The van der Waals surface area contributed by atoms with Crippen LogP contribution in [0.1, 0.15) is 38.1 Å². The van der Waals surface area contributed by atoms with Crippen LogP contribution in [0.2, 0.25) is 0 Å². The molecule has 6 heteroatoms. The number of aromatic nitrogens is 2. The van der Waals surface area contributed by atoms with E-state index in [-0.39, 0.29) is 4.90 Å². The van der Waals surface area contributed by atoms with E-state index >= 15 is 0 Å². The fourth-order valence-electron chi connectivity index (χ4n) is 2.08. The molecule has 0 saturated carbocycles. The van der Waals surface area contributed by atoms with Gasteiger partial charge in [0.25, 0.3) is 0 Å². The van der Waals surface area contributed by atoms with Gasteiger partial charge in [-0.05, 0) is 26.7 Å². The number of hydrogen-bond acceptors (Lipinski definition) is 3. The topological polar surface area (TPSA) is 64.0 Å². The Hall–Kier alpha value is -1.32. The molecule has 5 nitrogen and oxygen atoms in total. The van der Waals surface area contributed by atoms with Gasteiger partial charge in [0, 0.05) is 7.05 Å². The molecule has 0 bridgehead atoms. The number of sulfonamides is 1. The molecule has 0 aliphatic carbocycles. The second-order valence-electron chi connectivity index (χ2n) is 4.66. The lowest BCUT2D eigenvalue weighted by Gasteiger charge is -2.26. The molecule has 1 aromatic heterocycles. The lowest BCUT2D eigenvalue weighted by molar-refractivity contribution is 0.451. The van der Waals surface area contributed by atoms with E-state index in [0.717, 1.165) is 0 Å². The van der Waals surface area contributed by atoms with E-state index in [9.17, 15) is 8.42 Å². The molecular weight excluding hydrogens is 262 g/mol. The molecule has 106 valence electrons. The summed E-state index contributed by atoms with van der Waals surface area (Å²) in [5, 5.41) is 4.13. The molecule has 0 spiro atoms. The summed E-state index contributed by atoms with van der Waals surface area (Å²) >= 11 is 0. The van der Waals surface area contributed by atoms with Crippen LogP contribution in [0, 0.1) is 26.2 Å². The molecule has 0 fully saturated rings. The van der Waals surface area contributed by atoms with Crippen molar-refractivity contribution in [1.82, 2.24) is 14.5 Å². The number of nitrogens with one attached hydrogen (secondary N) is 1. The van der Waals surface area contributed by atoms with E-state index < -0.39 is 15.6 Å². The summed E-state index contributed by atoms with van der Waals surface area (Å²) in [7, 11) is -1.95. The molecule has 19 heavy (non-hydrogen) atoms. The smallest absolute Gasteiger partial charge is 0.245 e. The third-order valence-electron chi connectivity index (χ3n) is 3.52. The highest BCUT2D eigenvalue weighted by molar-refractivity contribution is 7.89. The SMILES string of the molecule is C#CC(CC)(CC)NS(=O)(=O)c1c(C)nn(C)c1C. The van der Waals surface area contributed by atoms with Crippen molar-refractivity contribution in [2.24, 2.45) is 7.05 Å². The standard InChI is InChI=1S/C13H21N3O2S/c1-7-13(8-2,9-3)15-19(17,18)12-10(4)14-16(6)11(12)5/h1,15H,8-9H2,2-6H3. The van der Waals surface area contributed by atoms with Gasteiger partial charge in [-0.1, -0.05) is 19.8 Å². The molecule has 0 radical (unpaired) electrons. The number of terminal acetylenes is 1. The molecule has 0 atom stereocenters. The van der Waals surface area contributed by atoms with E-state index in [4.69, 9.17) is 6.42 Å². The maximum atomic E-state index is 12.5. The van der Waals surface area contributed by atoms with Crippen molar-refractivity contribution < 1.29 is 8.42 Å². The van der Waals surface area contributed by atoms with Crippen LogP contribution in [0.25, 0.3) is 0 Å². The first kappa shape index (κ1) is 15.7. The quantitative estimate of drug-likeness (QED) is 0.833. The first-order valence-electron chi connectivity index (χ1n) is 6.25. The summed E-state index contributed by atoms with van der Waals surface area (Å²) in [6.45, 7) is 7.14. The van der Waals surface area contributed by atoms with Crippen LogP contribution < -0.4 is 4.72 Å². The zero-order valence-corrected chi connectivity index (χ0v) is 12.9. The highest BCUT2D eigenvalue weighted by atomic mass is 32.2. The highest BCUT2D eigenvalue weighted by Gasteiger charge is 2.33. The minimum absolute atomic E-state index is 0.219. The molecule has 0 amide bonds. The number of nitrogens with zero attached hydrogens (tertiary/aromatic N) is 2. The molecule has 0 saturated heterocycles. The van der Waals surface area contributed by atoms with Crippen LogP contribution in [0.15, 0.2) is 4.90 Å². The van der Waals surface area contributed by atoms with Gasteiger partial charge in [-0.15, -0.1) is 6.42 Å². The Morgan fingerprint density at radius 3 is 2.21 bits per heavy atom. The van der Waals surface area contributed by atoms with Gasteiger partial charge in [-0.25, -0.2) is 8.42 Å². The minimum atomic E-state index is -3.67. The number of hydrogen-bond donors (Lipinski definition) is 1. The van der Waals surface area contributed by atoms with Crippen molar-refractivity contribution in [2.75, 3.05) is 0 Å². The van der Waals surface area contributed by atoms with Gasteiger partial charge in [0.15, 0.2) is 0 Å². The Morgan fingerprint density at radius 2 is 1.89 bits per heavy atom. The van der Waals surface area contributed by atoms with Crippen LogP contribution >= 0.6 is 0 Å². The predicted octanol–water partition coefficient (Wildman–Crippen LogP) is 1.51. The normalized spacial score (nSPS) is 12.4. The summed E-state index contributed by atoms with van der Waals surface area (Å²) in [4.78, 5) is 0.219. The van der Waals surface area contributed by atoms with Gasteiger partial charge < -0.3 is 0 Å². The van der Waals surface area contributed by atoms with Crippen molar-refractivity contribution in [3.8, 4) is 12.3 Å². The summed E-state index contributed by atoms with van der Waals surface area (Å²) in [6.07, 6.45) is 6.58. The Labute approximate surface area is 115 Å². The summed E-state index contributed by atoms with van der Waals surface area (Å²) in [5.74, 6) is 2.57. The summed E-state index contributed by atoms with van der Waals surface area (Å²) < 4.78 is 29.2. The Morgan fingerprint density at radius 1 is 1.37 bits per heavy atom. The third kappa shape index (κ3) is 2.82. The fourth-order valence-corrected chi connectivity index (χ4v) is 3.99. The van der Waals surface area contributed by atoms with E-state index in [0.29, 0.717) is 24.2 Å². The fraction of sp³-hybridized carbons (Fsp3) is 0.615. The molecule has 0 aliphatic heterocycles. The first-order chi connectivity index (χ1) is 8.73. The average Bonchev–Trinajstić information content (AvgIpc) is 2.61. The monoisotopic (exact) mass is 283 g/mol. The Bertz CT molecular complexity index is 605. The molecule has 1 rings (SSSR count). The predicted molar refractivity (Wildman–Crippen MR) is 75.1 cm³/mol. The Balaban J connectivity index is 3.30. The van der Waals surface area contributed by atoms with Crippen LogP contribution in [0.4, 0.5) is 0 Å². The van der Waals surface area contributed by atoms with Crippen LogP contribution in [-0.2, 0) is 17.1 Å². The van der Waals surface area contributed by atoms with Crippen LogP contribution in [-0.4, -0.2) is 23.7 Å². The van der Waals surface area contributed by atoms with E-state index in [1.165, 1.54) is 0 Å². The molecule has 1 heterocycles. The van der Waals surface area contributed by atoms with Gasteiger partial charge in [0.2, 0.25) is 10.0 Å². The summed E-state index contributed by atoms with van der Waals surface area (Å²) in [6, 6.07) is 0. The molecule has 0 aromatic carbocycles. The van der Waals surface area contributed by atoms with Gasteiger partial charge in [-0.3, -0.25) is 4.68 Å². The van der Waals surface area contributed by atoms with Crippen molar-refractivity contribution in [2.45, 2.75) is 51.0 Å². The van der Waals surface area contributed by atoms with E-state index in [1.54, 1.807) is 25.6 Å². The van der Waals surface area contributed by atoms with Crippen molar-refractivity contribution in [1.29, 1.82) is 0 Å². The third-order valence-corrected chi connectivity index (χ3v) is 5.31. The maximum absolute atomic E-state index is 12.5. The minimum Gasteiger partial charge on any atom is -0.271 e. The second-order valence-corrected chi connectivity index (χ2v) is 6.28. The highest BCUT2D eigenvalue weighted by Crippen LogP contribution is 2.23. The molecule has 0 aliphatic rings. The average molecular weight is 283 g/mol. The van der Waals surface area contributed by atoms with Crippen molar-refractivity contribution in [3.63, 3.8) is 0 Å². The van der Waals surface area contributed by atoms with Gasteiger partial charge in [0.05, 0.1) is 16.9 Å². The zero-order chi connectivity index (χ0) is 14.8. The second kappa shape index (κ2) is 5.35. The van der Waals surface area contributed by atoms with Crippen LogP contribution in [0.3, 0.4) is 0 Å². The molecule has 1 N–H and O–H groups in total. The largest absolute Gasteiger partial charge is 0.271 e. The van der Waals surface area contributed by atoms with E-state index in [1.807, 2.05) is 13.8 Å². The number of aryl methyl sites for hydroxylation is 2. The van der Waals surface area contributed by atoms with Crippen molar-refractivity contribution in [3.05, 3.63) is 11.4 Å². The van der Waals surface area contributed by atoms with Crippen molar-refractivity contribution >= 4 is 10.0 Å². The van der Waals surface area contributed by atoms with Gasteiger partial charge in [0.1, 0.15) is 4.90 Å². The summed E-state index contributed by atoms with van der Waals surface area (Å²) in [5.41, 5.74) is 0.238. The van der Waals surface area contributed by atoms with Crippen LogP contribution in [0.5, 0.6) is 0 Å². The number of rotatable bonds is 5. The lowest BCUT2D eigenvalue weighted by Crippen LogP contribution is -2.46. The molecule has 0 unspecified atom stereocenters. The Kier molecular flexibility index (Phi) is 4.43. The maximum Gasteiger partial charge on any atom is 0.245 e. The zero-order valence-electron chi connectivity index (χ0n) is 12.1. The van der Waals surface area contributed by atoms with Gasteiger partial charge >= 0.3 is 0 Å². The molecule has 1 aromatic rings. The first-order valence-corrected chi connectivity index (χ1v) is 7.73. The molecular formula is C13H21N3O2S. The van der Waals surface area contributed by atoms with E-state index in [2.05, 4.69) is 15.7 Å².